The van der Waals surface area contributed by atoms with Crippen LogP contribution in [0.5, 0.6) is 0 Å². The molecule has 0 bridgehead atoms. The lowest BCUT2D eigenvalue weighted by Crippen LogP contribution is -2.54. The molecule has 2 amide bonds. The molecule has 2 atom stereocenters. The molecule has 9 heteroatoms. The summed E-state index contributed by atoms with van der Waals surface area (Å²) in [4.78, 5) is 35.2. The number of carbonyl (C=O) groups excluding carboxylic acids is 2. The molecule has 2 aromatic rings. The molecule has 5 N–H and O–H groups in total. The fourth-order valence-electron chi connectivity index (χ4n) is 3.43. The van der Waals surface area contributed by atoms with Gasteiger partial charge in [-0.05, 0) is 22.3 Å². The second kappa shape index (κ2) is 9.38. The summed E-state index contributed by atoms with van der Waals surface area (Å²) in [5.41, 5.74) is 4.18. The normalized spacial score (nSPS) is 14.2. The number of aliphatic hydroxyl groups is 2. The van der Waals surface area contributed by atoms with Gasteiger partial charge in [0.25, 0.3) is 0 Å². The molecule has 0 fully saturated rings. The van der Waals surface area contributed by atoms with Crippen molar-refractivity contribution in [2.24, 2.45) is 0 Å². The number of hydrogen-bond donors (Lipinski definition) is 5. The van der Waals surface area contributed by atoms with E-state index >= 15 is 0 Å². The van der Waals surface area contributed by atoms with Crippen molar-refractivity contribution in [3.8, 4) is 11.1 Å². The van der Waals surface area contributed by atoms with E-state index in [9.17, 15) is 19.5 Å². The van der Waals surface area contributed by atoms with Gasteiger partial charge < -0.3 is 30.7 Å². The molecule has 0 aliphatic heterocycles. The zero-order valence-electron chi connectivity index (χ0n) is 15.9. The minimum atomic E-state index is -1.55. The molecule has 1 aliphatic carbocycles. The third-order valence-corrected chi connectivity index (χ3v) is 4.93. The first-order valence-corrected chi connectivity index (χ1v) is 9.32. The summed E-state index contributed by atoms with van der Waals surface area (Å²) < 4.78 is 5.29. The second-order valence-corrected chi connectivity index (χ2v) is 6.79. The third kappa shape index (κ3) is 4.42. The van der Waals surface area contributed by atoms with Gasteiger partial charge in [0.2, 0.25) is 5.91 Å². The number of carboxylic acids is 1. The van der Waals surface area contributed by atoms with Crippen LogP contribution in [0.25, 0.3) is 11.1 Å². The average Bonchev–Trinajstić information content (AvgIpc) is 3.07. The van der Waals surface area contributed by atoms with E-state index in [0.717, 1.165) is 22.3 Å². The standard InChI is InChI=1S/C21H22N2O7/c24-9-17(19(26)22-18(10-25)20(27)28)23-21(29)30-11-16-14-7-3-1-5-12(14)13-6-2-4-8-15(13)16/h1-8,16-18,24-25H,9-11H2,(H,22,26)(H,23,29)(H,27,28)/t17-,18+/m1/s1. The number of hydrogen-bond acceptors (Lipinski definition) is 6. The molecule has 9 nitrogen and oxygen atoms in total. The Morgan fingerprint density at radius 1 is 0.867 bits per heavy atom. The van der Waals surface area contributed by atoms with Crippen LogP contribution in [-0.2, 0) is 14.3 Å². The number of amides is 2. The van der Waals surface area contributed by atoms with Gasteiger partial charge in [-0.15, -0.1) is 0 Å². The van der Waals surface area contributed by atoms with Gasteiger partial charge in [-0.25, -0.2) is 9.59 Å². The summed E-state index contributed by atoms with van der Waals surface area (Å²) in [6.07, 6.45) is -0.929. The van der Waals surface area contributed by atoms with Gasteiger partial charge in [-0.3, -0.25) is 4.79 Å². The Hall–Kier alpha value is -3.43. The van der Waals surface area contributed by atoms with Crippen LogP contribution in [0.3, 0.4) is 0 Å². The summed E-state index contributed by atoms with van der Waals surface area (Å²) >= 11 is 0. The Kier molecular flexibility index (Phi) is 6.65. The Morgan fingerprint density at radius 3 is 1.90 bits per heavy atom. The van der Waals surface area contributed by atoms with E-state index in [1.54, 1.807) is 0 Å². The van der Waals surface area contributed by atoms with Crippen molar-refractivity contribution in [2.45, 2.75) is 18.0 Å². The van der Waals surface area contributed by atoms with Gasteiger partial charge in [0.1, 0.15) is 18.7 Å². The number of aliphatic carboxylic acids is 1. The average molecular weight is 414 g/mol. The molecular formula is C21H22N2O7. The SMILES string of the molecule is O=C(N[C@H](CO)C(=O)N[C@@H](CO)C(=O)O)OCC1c2ccccc2-c2ccccc21. The lowest BCUT2D eigenvalue weighted by atomic mass is 9.98. The molecule has 3 rings (SSSR count). The highest BCUT2D eigenvalue weighted by atomic mass is 16.5. The predicted molar refractivity (Wildman–Crippen MR) is 106 cm³/mol. The lowest BCUT2D eigenvalue weighted by Gasteiger charge is -2.19. The monoisotopic (exact) mass is 414 g/mol. The molecule has 0 saturated heterocycles. The van der Waals surface area contributed by atoms with Gasteiger partial charge >= 0.3 is 12.1 Å². The van der Waals surface area contributed by atoms with Crippen molar-refractivity contribution in [1.29, 1.82) is 0 Å². The van der Waals surface area contributed by atoms with Gasteiger partial charge in [0.15, 0.2) is 0 Å². The largest absolute Gasteiger partial charge is 0.480 e. The number of alkyl carbamates (subject to hydrolysis) is 1. The molecule has 30 heavy (non-hydrogen) atoms. The van der Waals surface area contributed by atoms with E-state index in [2.05, 4.69) is 5.32 Å². The van der Waals surface area contributed by atoms with Gasteiger partial charge in [-0.2, -0.15) is 0 Å². The molecule has 0 unspecified atom stereocenters. The number of benzene rings is 2. The minimum Gasteiger partial charge on any atom is -0.480 e. The van der Waals surface area contributed by atoms with Crippen LogP contribution >= 0.6 is 0 Å². The predicted octanol–water partition coefficient (Wildman–Crippen LogP) is 0.448. The highest BCUT2D eigenvalue weighted by molar-refractivity contribution is 5.89. The number of rotatable bonds is 8. The highest BCUT2D eigenvalue weighted by Crippen LogP contribution is 2.44. The Morgan fingerprint density at radius 2 is 1.40 bits per heavy atom. The van der Waals surface area contributed by atoms with Crippen LogP contribution in [0.1, 0.15) is 17.0 Å². The summed E-state index contributed by atoms with van der Waals surface area (Å²) in [5.74, 6) is -2.56. The molecule has 0 radical (unpaired) electrons. The fourth-order valence-corrected chi connectivity index (χ4v) is 3.43. The molecule has 0 heterocycles. The quantitative estimate of drug-likeness (QED) is 0.422. The molecule has 2 aromatic carbocycles. The molecule has 0 saturated carbocycles. The first-order valence-electron chi connectivity index (χ1n) is 9.32. The first-order chi connectivity index (χ1) is 14.5. The van der Waals surface area contributed by atoms with E-state index in [0.29, 0.717) is 0 Å². The van der Waals surface area contributed by atoms with Crippen LogP contribution in [-0.4, -0.2) is 65.2 Å². The van der Waals surface area contributed by atoms with Crippen LogP contribution in [0, 0.1) is 0 Å². The highest BCUT2D eigenvalue weighted by Gasteiger charge is 2.30. The molecule has 1 aliphatic rings. The maximum Gasteiger partial charge on any atom is 0.407 e. The number of carbonyl (C=O) groups is 3. The maximum absolute atomic E-state index is 12.2. The molecule has 0 aromatic heterocycles. The van der Waals surface area contributed by atoms with E-state index in [1.807, 2.05) is 53.8 Å². The fraction of sp³-hybridized carbons (Fsp3) is 0.286. The van der Waals surface area contributed by atoms with E-state index in [-0.39, 0.29) is 12.5 Å². The zero-order valence-corrected chi connectivity index (χ0v) is 15.9. The van der Waals surface area contributed by atoms with Crippen molar-refractivity contribution in [3.63, 3.8) is 0 Å². The molecule has 158 valence electrons. The van der Waals surface area contributed by atoms with Crippen LogP contribution in [0.2, 0.25) is 0 Å². The lowest BCUT2D eigenvalue weighted by molar-refractivity contribution is -0.143. The van der Waals surface area contributed by atoms with Gasteiger partial charge in [0, 0.05) is 5.92 Å². The van der Waals surface area contributed by atoms with Gasteiger partial charge in [-0.1, -0.05) is 48.5 Å². The zero-order chi connectivity index (χ0) is 21.7. The van der Waals surface area contributed by atoms with Crippen LogP contribution < -0.4 is 10.6 Å². The first kappa shape index (κ1) is 21.3. The number of carboxylic acid groups (broad SMARTS) is 1. The Labute approximate surface area is 172 Å². The topological polar surface area (TPSA) is 145 Å². The Bertz CT molecular complexity index is 901. The van der Waals surface area contributed by atoms with Crippen molar-refractivity contribution in [2.75, 3.05) is 19.8 Å². The minimum absolute atomic E-state index is 0.0218. The third-order valence-electron chi connectivity index (χ3n) is 4.93. The van der Waals surface area contributed by atoms with Crippen molar-refractivity contribution >= 4 is 18.0 Å². The van der Waals surface area contributed by atoms with Crippen LogP contribution in [0.4, 0.5) is 4.79 Å². The van der Waals surface area contributed by atoms with Gasteiger partial charge in [0.05, 0.1) is 13.2 Å². The van der Waals surface area contributed by atoms with E-state index < -0.39 is 43.3 Å². The second-order valence-electron chi connectivity index (χ2n) is 6.79. The number of ether oxygens (including phenoxy) is 1. The molecule has 0 spiro atoms. The van der Waals surface area contributed by atoms with Crippen molar-refractivity contribution in [3.05, 3.63) is 59.7 Å². The maximum atomic E-state index is 12.2. The number of nitrogens with one attached hydrogen (secondary N) is 2. The summed E-state index contributed by atoms with van der Waals surface area (Å²) in [6.45, 7) is -1.58. The van der Waals surface area contributed by atoms with Crippen molar-refractivity contribution in [1.82, 2.24) is 10.6 Å². The number of aliphatic hydroxyl groups excluding tert-OH is 2. The molecular weight excluding hydrogens is 392 g/mol. The summed E-state index contributed by atoms with van der Waals surface area (Å²) in [6, 6.07) is 12.6. The Balaban J connectivity index is 1.63. The summed E-state index contributed by atoms with van der Waals surface area (Å²) in [7, 11) is 0. The number of fused-ring (bicyclic) bond motifs is 3. The van der Waals surface area contributed by atoms with Crippen molar-refractivity contribution < 1.29 is 34.4 Å². The van der Waals surface area contributed by atoms with Crippen LogP contribution in [0.15, 0.2) is 48.5 Å². The smallest absolute Gasteiger partial charge is 0.407 e. The van der Waals surface area contributed by atoms with E-state index in [1.165, 1.54) is 0 Å². The van der Waals surface area contributed by atoms with E-state index in [4.69, 9.17) is 14.9 Å². The summed E-state index contributed by atoms with van der Waals surface area (Å²) in [5, 5.41) is 31.5.